The number of ether oxygens (including phenoxy) is 1. The van der Waals surface area contributed by atoms with Crippen LogP contribution in [0.25, 0.3) is 10.9 Å². The second-order valence-corrected chi connectivity index (χ2v) is 8.50. The number of carbonyl (C=O) groups excluding carboxylic acids is 1. The molecule has 1 heterocycles. The fraction of sp³-hybridized carbons (Fsp3) is 0.348. The quantitative estimate of drug-likeness (QED) is 0.637. The van der Waals surface area contributed by atoms with E-state index in [0.29, 0.717) is 29.3 Å². The van der Waals surface area contributed by atoms with Crippen LogP contribution in [0.1, 0.15) is 18.4 Å². The van der Waals surface area contributed by atoms with E-state index in [4.69, 9.17) is 16.3 Å². The first-order valence-electron chi connectivity index (χ1n) is 9.97. The van der Waals surface area contributed by atoms with Crippen LogP contribution >= 0.6 is 11.6 Å². The minimum atomic E-state index is 0.161. The van der Waals surface area contributed by atoms with E-state index in [9.17, 15) is 4.79 Å². The summed E-state index contributed by atoms with van der Waals surface area (Å²) in [6.07, 6.45) is 4.24. The van der Waals surface area contributed by atoms with Gasteiger partial charge in [-0.1, -0.05) is 35.9 Å². The van der Waals surface area contributed by atoms with Crippen molar-refractivity contribution in [2.24, 2.45) is 11.8 Å². The van der Waals surface area contributed by atoms with Gasteiger partial charge >= 0.3 is 0 Å². The Balaban J connectivity index is 1.18. The predicted molar refractivity (Wildman–Crippen MR) is 112 cm³/mol. The van der Waals surface area contributed by atoms with Crippen molar-refractivity contribution < 1.29 is 9.53 Å². The second-order valence-electron chi connectivity index (χ2n) is 8.06. The van der Waals surface area contributed by atoms with Crippen molar-refractivity contribution in [2.75, 3.05) is 7.05 Å². The highest BCUT2D eigenvalue weighted by Gasteiger charge is 2.59. The van der Waals surface area contributed by atoms with Crippen LogP contribution in [0.3, 0.4) is 0 Å². The van der Waals surface area contributed by atoms with Gasteiger partial charge in [-0.3, -0.25) is 4.79 Å². The summed E-state index contributed by atoms with van der Waals surface area (Å²) in [6, 6.07) is 15.7. The van der Waals surface area contributed by atoms with Gasteiger partial charge in [0.1, 0.15) is 5.75 Å². The summed E-state index contributed by atoms with van der Waals surface area (Å²) in [6.45, 7) is 0. The van der Waals surface area contributed by atoms with Crippen LogP contribution in [-0.4, -0.2) is 40.2 Å². The lowest BCUT2D eigenvalue weighted by molar-refractivity contribution is -0.130. The summed E-state index contributed by atoms with van der Waals surface area (Å²) in [4.78, 5) is 14.6. The molecule has 2 unspecified atom stereocenters. The van der Waals surface area contributed by atoms with Gasteiger partial charge in [-0.2, -0.15) is 10.2 Å². The molecule has 5 nitrogen and oxygen atoms in total. The zero-order chi connectivity index (χ0) is 20.0. The zero-order valence-corrected chi connectivity index (χ0v) is 16.9. The van der Waals surface area contributed by atoms with E-state index < -0.39 is 0 Å². The van der Waals surface area contributed by atoms with E-state index in [1.807, 2.05) is 60.5 Å². The van der Waals surface area contributed by atoms with E-state index in [1.165, 1.54) is 0 Å². The highest BCUT2D eigenvalue weighted by atomic mass is 35.5. The summed E-state index contributed by atoms with van der Waals surface area (Å²) in [5, 5.41) is 9.90. The molecule has 2 aliphatic carbocycles. The number of likely N-dealkylation sites (N-methyl/N-ethyl adjacent to an activating group) is 1. The Morgan fingerprint density at radius 1 is 1.14 bits per heavy atom. The van der Waals surface area contributed by atoms with Crippen molar-refractivity contribution in [3.8, 4) is 5.75 Å². The van der Waals surface area contributed by atoms with E-state index in [2.05, 4.69) is 10.2 Å². The maximum atomic E-state index is 12.7. The van der Waals surface area contributed by atoms with E-state index in [1.54, 1.807) is 6.20 Å². The standard InChI is InChI=1S/C23H22ClN3O2/c1-27(22(28)10-14-6-8-15(24)9-7-14)23-18-11-16(12-19(18)23)29-21-13-25-26-20-5-3-2-4-17(20)21/h2-9,13,16,18-19,23H,10-12H2,1H3. The maximum Gasteiger partial charge on any atom is 0.227 e. The molecule has 0 bridgehead atoms. The number of rotatable bonds is 5. The Bertz CT molecular complexity index is 1040. The van der Waals surface area contributed by atoms with Gasteiger partial charge in [-0.05, 0) is 54.5 Å². The molecule has 2 atom stereocenters. The van der Waals surface area contributed by atoms with E-state index in [0.717, 1.165) is 35.1 Å². The monoisotopic (exact) mass is 407 g/mol. The van der Waals surface area contributed by atoms with Crippen molar-refractivity contribution in [1.82, 2.24) is 15.1 Å². The zero-order valence-electron chi connectivity index (χ0n) is 16.2. The molecule has 0 spiro atoms. The normalized spacial score (nSPS) is 24.9. The first-order chi connectivity index (χ1) is 14.1. The average molecular weight is 408 g/mol. The van der Waals surface area contributed by atoms with Crippen LogP contribution in [0.5, 0.6) is 5.75 Å². The van der Waals surface area contributed by atoms with Gasteiger partial charge in [0.25, 0.3) is 0 Å². The number of aromatic nitrogens is 2. The number of hydrogen-bond acceptors (Lipinski definition) is 4. The summed E-state index contributed by atoms with van der Waals surface area (Å²) in [5.74, 6) is 2.01. The van der Waals surface area contributed by atoms with Gasteiger partial charge in [-0.15, -0.1) is 0 Å². The lowest BCUT2D eigenvalue weighted by Crippen LogP contribution is -2.34. The number of hydrogen-bond donors (Lipinski definition) is 0. The molecule has 2 aliphatic rings. The number of nitrogens with zero attached hydrogens (tertiary/aromatic N) is 3. The molecule has 1 aromatic heterocycles. The van der Waals surface area contributed by atoms with Crippen LogP contribution in [0.2, 0.25) is 5.02 Å². The topological polar surface area (TPSA) is 55.3 Å². The highest BCUT2D eigenvalue weighted by molar-refractivity contribution is 6.30. The molecule has 2 fully saturated rings. The number of fused-ring (bicyclic) bond motifs is 2. The first-order valence-corrected chi connectivity index (χ1v) is 10.3. The minimum Gasteiger partial charge on any atom is -0.488 e. The van der Waals surface area contributed by atoms with Crippen molar-refractivity contribution in [1.29, 1.82) is 0 Å². The molecular weight excluding hydrogens is 386 g/mol. The smallest absolute Gasteiger partial charge is 0.227 e. The molecule has 3 aromatic rings. The largest absolute Gasteiger partial charge is 0.488 e. The minimum absolute atomic E-state index is 0.161. The molecule has 148 valence electrons. The molecule has 0 radical (unpaired) electrons. The summed E-state index contributed by atoms with van der Waals surface area (Å²) >= 11 is 5.93. The van der Waals surface area contributed by atoms with Gasteiger partial charge in [0.2, 0.25) is 5.91 Å². The third-order valence-electron chi connectivity index (χ3n) is 6.27. The van der Waals surface area contributed by atoms with Crippen molar-refractivity contribution >= 4 is 28.4 Å². The molecule has 1 amide bonds. The molecular formula is C23H22ClN3O2. The van der Waals surface area contributed by atoms with Crippen molar-refractivity contribution in [2.45, 2.75) is 31.4 Å². The van der Waals surface area contributed by atoms with E-state index >= 15 is 0 Å². The van der Waals surface area contributed by atoms with Gasteiger partial charge in [0, 0.05) is 23.5 Å². The summed E-state index contributed by atoms with van der Waals surface area (Å²) < 4.78 is 6.27. The number of halogens is 1. The fourth-order valence-electron chi connectivity index (χ4n) is 4.75. The van der Waals surface area contributed by atoms with Crippen LogP contribution in [0, 0.1) is 11.8 Å². The SMILES string of the molecule is CN(C(=O)Cc1ccc(Cl)cc1)C1C2CC(Oc3cnnc4ccccc34)CC21. The Kier molecular flexibility index (Phi) is 4.63. The van der Waals surface area contributed by atoms with Crippen molar-refractivity contribution in [3.05, 3.63) is 65.3 Å². The Morgan fingerprint density at radius 3 is 2.62 bits per heavy atom. The fourth-order valence-corrected chi connectivity index (χ4v) is 4.88. The van der Waals surface area contributed by atoms with Gasteiger partial charge < -0.3 is 9.64 Å². The lowest BCUT2D eigenvalue weighted by atomic mass is 10.1. The van der Waals surface area contributed by atoms with Crippen molar-refractivity contribution in [3.63, 3.8) is 0 Å². The van der Waals surface area contributed by atoms with Gasteiger partial charge in [0.05, 0.1) is 24.2 Å². The Hall–Kier alpha value is -2.66. The molecule has 2 aromatic carbocycles. The third-order valence-corrected chi connectivity index (χ3v) is 6.52. The Labute approximate surface area is 174 Å². The Morgan fingerprint density at radius 2 is 1.86 bits per heavy atom. The average Bonchev–Trinajstić information content (AvgIpc) is 3.24. The molecule has 2 saturated carbocycles. The highest BCUT2D eigenvalue weighted by Crippen LogP contribution is 2.55. The number of benzene rings is 2. The number of carbonyl (C=O) groups is 1. The molecule has 0 aliphatic heterocycles. The molecule has 0 saturated heterocycles. The predicted octanol–water partition coefficient (Wildman–Crippen LogP) is 4.14. The second kappa shape index (κ2) is 7.30. The third kappa shape index (κ3) is 3.55. The van der Waals surface area contributed by atoms with Crippen LogP contribution in [-0.2, 0) is 11.2 Å². The lowest BCUT2D eigenvalue weighted by Gasteiger charge is -2.23. The number of amides is 1. The molecule has 0 N–H and O–H groups in total. The van der Waals surface area contributed by atoms with Crippen LogP contribution in [0.15, 0.2) is 54.7 Å². The first kappa shape index (κ1) is 18.4. The molecule has 29 heavy (non-hydrogen) atoms. The van der Waals surface area contributed by atoms with Crippen LogP contribution < -0.4 is 4.74 Å². The summed E-state index contributed by atoms with van der Waals surface area (Å²) in [5.41, 5.74) is 1.84. The van der Waals surface area contributed by atoms with Crippen LogP contribution in [0.4, 0.5) is 0 Å². The summed E-state index contributed by atoms with van der Waals surface area (Å²) in [7, 11) is 1.93. The molecule has 6 heteroatoms. The molecule has 5 rings (SSSR count). The van der Waals surface area contributed by atoms with Gasteiger partial charge in [0.15, 0.2) is 0 Å². The van der Waals surface area contributed by atoms with E-state index in [-0.39, 0.29) is 12.0 Å². The maximum absolute atomic E-state index is 12.7. The van der Waals surface area contributed by atoms with Gasteiger partial charge in [-0.25, -0.2) is 0 Å².